The zero-order chi connectivity index (χ0) is 15.8. The zero-order valence-electron chi connectivity index (χ0n) is 12.6. The highest BCUT2D eigenvalue weighted by molar-refractivity contribution is 6.45. The first-order chi connectivity index (χ1) is 10.8. The van der Waals surface area contributed by atoms with Crippen LogP contribution in [0.1, 0.15) is 16.7 Å². The van der Waals surface area contributed by atoms with Gasteiger partial charge in [0.05, 0.1) is 0 Å². The van der Waals surface area contributed by atoms with E-state index in [2.05, 4.69) is 10.5 Å². The maximum atomic E-state index is 12.0. The summed E-state index contributed by atoms with van der Waals surface area (Å²) in [6, 6.07) is 17.5. The van der Waals surface area contributed by atoms with Crippen molar-refractivity contribution in [1.82, 2.24) is 5.32 Å². The van der Waals surface area contributed by atoms with Crippen LogP contribution in [0.25, 0.3) is 12.2 Å². The van der Waals surface area contributed by atoms with Crippen LogP contribution in [0.3, 0.4) is 0 Å². The quantitative estimate of drug-likeness (QED) is 0.523. The third-order valence-electron chi connectivity index (χ3n) is 3.10. The third-order valence-corrected chi connectivity index (χ3v) is 3.10. The van der Waals surface area contributed by atoms with Crippen molar-refractivity contribution in [1.29, 1.82) is 0 Å². The normalized spacial score (nSPS) is 11.5. The molecule has 4 heteroatoms. The Hall–Kier alpha value is -2.88. The second-order valence-electron chi connectivity index (χ2n) is 4.53. The van der Waals surface area contributed by atoms with Crippen molar-refractivity contribution in [2.24, 2.45) is 5.16 Å². The first-order valence-corrected chi connectivity index (χ1v) is 6.92. The average Bonchev–Trinajstić information content (AvgIpc) is 2.58. The standard InChI is InChI=1S/C18H18N2O2/c1-19-18(21)17(20-22-2)16-11-7-6-10-15(16)13-12-14-8-4-3-5-9-14/h3-13H,1-2H3,(H,19,21)/b13-12?,20-17-. The largest absolute Gasteiger partial charge is 0.398 e. The van der Waals surface area contributed by atoms with E-state index < -0.39 is 0 Å². The molecular weight excluding hydrogens is 276 g/mol. The third kappa shape index (κ3) is 3.82. The smallest absolute Gasteiger partial charge is 0.273 e. The first-order valence-electron chi connectivity index (χ1n) is 6.92. The van der Waals surface area contributed by atoms with Gasteiger partial charge in [0.25, 0.3) is 5.91 Å². The lowest BCUT2D eigenvalue weighted by Gasteiger charge is -2.08. The highest BCUT2D eigenvalue weighted by Gasteiger charge is 2.15. The molecule has 0 bridgehead atoms. The molecule has 0 aliphatic heterocycles. The molecule has 1 N–H and O–H groups in total. The van der Waals surface area contributed by atoms with Gasteiger partial charge in [0.2, 0.25) is 0 Å². The van der Waals surface area contributed by atoms with Crippen molar-refractivity contribution in [2.75, 3.05) is 14.2 Å². The molecule has 4 nitrogen and oxygen atoms in total. The second kappa shape index (κ2) is 7.78. The molecule has 0 unspecified atom stereocenters. The van der Waals surface area contributed by atoms with Gasteiger partial charge in [-0.3, -0.25) is 4.79 Å². The number of hydrogen-bond acceptors (Lipinski definition) is 3. The van der Waals surface area contributed by atoms with Gasteiger partial charge in [-0.2, -0.15) is 0 Å². The molecule has 2 aromatic carbocycles. The molecule has 0 heterocycles. The minimum Gasteiger partial charge on any atom is -0.398 e. The number of likely N-dealkylation sites (N-methyl/N-ethyl adjacent to an activating group) is 1. The maximum Gasteiger partial charge on any atom is 0.273 e. The SMILES string of the molecule is CNC(=O)/C(=N\OC)c1ccccc1C=Cc1ccccc1. The van der Waals surface area contributed by atoms with Crippen LogP contribution in [0.2, 0.25) is 0 Å². The number of nitrogens with zero attached hydrogens (tertiary/aromatic N) is 1. The highest BCUT2D eigenvalue weighted by Crippen LogP contribution is 2.15. The number of nitrogens with one attached hydrogen (secondary N) is 1. The van der Waals surface area contributed by atoms with E-state index in [9.17, 15) is 4.79 Å². The molecule has 0 spiro atoms. The van der Waals surface area contributed by atoms with E-state index in [1.54, 1.807) is 7.05 Å². The Morgan fingerprint density at radius 3 is 2.41 bits per heavy atom. The molecule has 0 saturated carbocycles. The van der Waals surface area contributed by atoms with Crippen LogP contribution in [-0.4, -0.2) is 25.8 Å². The van der Waals surface area contributed by atoms with E-state index in [1.807, 2.05) is 66.7 Å². The molecular formula is C18H18N2O2. The molecule has 0 aliphatic rings. The molecule has 2 aromatic rings. The number of benzene rings is 2. The fourth-order valence-electron chi connectivity index (χ4n) is 2.03. The molecule has 0 saturated heterocycles. The molecule has 0 atom stereocenters. The van der Waals surface area contributed by atoms with Gasteiger partial charge in [0.15, 0.2) is 5.71 Å². The molecule has 0 aliphatic carbocycles. The lowest BCUT2D eigenvalue weighted by molar-refractivity contribution is -0.114. The number of carbonyl (C=O) groups excluding carboxylic acids is 1. The monoisotopic (exact) mass is 294 g/mol. The fraction of sp³-hybridized carbons (Fsp3) is 0.111. The second-order valence-corrected chi connectivity index (χ2v) is 4.53. The van der Waals surface area contributed by atoms with Crippen molar-refractivity contribution < 1.29 is 9.63 Å². The lowest BCUT2D eigenvalue weighted by Crippen LogP contribution is -2.29. The number of rotatable bonds is 5. The molecule has 0 fully saturated rings. The molecule has 1 amide bonds. The summed E-state index contributed by atoms with van der Waals surface area (Å²) in [4.78, 5) is 16.8. The van der Waals surface area contributed by atoms with E-state index in [1.165, 1.54) is 7.11 Å². The van der Waals surface area contributed by atoms with Crippen LogP contribution >= 0.6 is 0 Å². The summed E-state index contributed by atoms with van der Waals surface area (Å²) in [5.41, 5.74) is 2.95. The molecule has 0 aromatic heterocycles. The Labute approximate surface area is 130 Å². The van der Waals surface area contributed by atoms with Crippen molar-refractivity contribution in [2.45, 2.75) is 0 Å². The minimum absolute atomic E-state index is 0.248. The summed E-state index contributed by atoms with van der Waals surface area (Å²) in [6.45, 7) is 0. The van der Waals surface area contributed by atoms with Crippen molar-refractivity contribution in [3.05, 3.63) is 71.3 Å². The van der Waals surface area contributed by atoms with Gasteiger partial charge in [0, 0.05) is 12.6 Å². The zero-order valence-corrected chi connectivity index (χ0v) is 12.6. The van der Waals surface area contributed by atoms with E-state index in [4.69, 9.17) is 4.84 Å². The van der Waals surface area contributed by atoms with E-state index in [0.29, 0.717) is 0 Å². The average molecular weight is 294 g/mol. The predicted molar refractivity (Wildman–Crippen MR) is 89.4 cm³/mol. The van der Waals surface area contributed by atoms with Gasteiger partial charge in [-0.1, -0.05) is 71.9 Å². The van der Waals surface area contributed by atoms with Crippen molar-refractivity contribution in [3.8, 4) is 0 Å². The van der Waals surface area contributed by atoms with Crippen LogP contribution in [0.15, 0.2) is 59.8 Å². The van der Waals surface area contributed by atoms with E-state index in [0.717, 1.165) is 16.7 Å². The molecule has 0 radical (unpaired) electrons. The van der Waals surface area contributed by atoms with Gasteiger partial charge in [-0.25, -0.2) is 0 Å². The van der Waals surface area contributed by atoms with Crippen LogP contribution in [-0.2, 0) is 9.63 Å². The maximum absolute atomic E-state index is 12.0. The number of amides is 1. The summed E-state index contributed by atoms with van der Waals surface area (Å²) >= 11 is 0. The Morgan fingerprint density at radius 1 is 1.05 bits per heavy atom. The molecule has 22 heavy (non-hydrogen) atoms. The number of carbonyl (C=O) groups is 1. The van der Waals surface area contributed by atoms with Crippen LogP contribution in [0.5, 0.6) is 0 Å². The topological polar surface area (TPSA) is 50.7 Å². The van der Waals surface area contributed by atoms with E-state index in [-0.39, 0.29) is 11.6 Å². The van der Waals surface area contributed by atoms with Crippen molar-refractivity contribution in [3.63, 3.8) is 0 Å². The van der Waals surface area contributed by atoms with Gasteiger partial charge in [-0.15, -0.1) is 0 Å². The lowest BCUT2D eigenvalue weighted by atomic mass is 10.0. The first kappa shape index (κ1) is 15.5. The summed E-state index contributed by atoms with van der Waals surface area (Å²) < 4.78 is 0. The number of oxime groups is 1. The summed E-state index contributed by atoms with van der Waals surface area (Å²) in [7, 11) is 2.99. The summed E-state index contributed by atoms with van der Waals surface area (Å²) in [5, 5.41) is 6.43. The Bertz CT molecular complexity index is 691. The minimum atomic E-state index is -0.289. The summed E-state index contributed by atoms with van der Waals surface area (Å²) in [5.74, 6) is -0.289. The molecule has 2 rings (SSSR count). The van der Waals surface area contributed by atoms with Crippen molar-refractivity contribution >= 4 is 23.8 Å². The highest BCUT2D eigenvalue weighted by atomic mass is 16.6. The summed E-state index contributed by atoms with van der Waals surface area (Å²) in [6.07, 6.45) is 3.95. The molecule has 112 valence electrons. The Balaban J connectivity index is 2.40. The number of hydrogen-bond donors (Lipinski definition) is 1. The predicted octanol–water partition coefficient (Wildman–Crippen LogP) is 2.95. The van der Waals surface area contributed by atoms with Crippen LogP contribution in [0.4, 0.5) is 0 Å². The Kier molecular flexibility index (Phi) is 5.49. The Morgan fingerprint density at radius 2 is 1.73 bits per heavy atom. The van der Waals surface area contributed by atoms with Gasteiger partial charge < -0.3 is 10.2 Å². The van der Waals surface area contributed by atoms with Gasteiger partial charge >= 0.3 is 0 Å². The van der Waals surface area contributed by atoms with Crippen LogP contribution < -0.4 is 5.32 Å². The van der Waals surface area contributed by atoms with Gasteiger partial charge in [0.1, 0.15) is 7.11 Å². The fourth-order valence-corrected chi connectivity index (χ4v) is 2.03. The van der Waals surface area contributed by atoms with Crippen LogP contribution in [0, 0.1) is 0 Å². The van der Waals surface area contributed by atoms with E-state index >= 15 is 0 Å². The van der Waals surface area contributed by atoms with Gasteiger partial charge in [-0.05, 0) is 11.1 Å².